The van der Waals surface area contributed by atoms with Crippen molar-refractivity contribution in [1.29, 1.82) is 5.26 Å². The zero-order valence-electron chi connectivity index (χ0n) is 78.1. The van der Waals surface area contributed by atoms with Gasteiger partial charge in [0.2, 0.25) is 0 Å². The Hall–Kier alpha value is -18.0. The normalized spacial score (nSPS) is 13.1. The van der Waals surface area contributed by atoms with Crippen LogP contribution in [0.3, 0.4) is 0 Å². The van der Waals surface area contributed by atoms with Crippen LogP contribution in [0.5, 0.6) is 0 Å². The first-order valence-electron chi connectivity index (χ1n) is 47.8. The van der Waals surface area contributed by atoms with E-state index in [2.05, 4.69) is 383 Å². The molecule has 662 valence electrons. The maximum absolute atomic E-state index is 9.59. The lowest BCUT2D eigenvalue weighted by atomic mass is 9.82. The van der Waals surface area contributed by atoms with Crippen LogP contribution in [-0.2, 0) is 16.2 Å². The number of fused-ring (bicyclic) bond motifs is 20. The number of nitrogens with zero attached hydrogens (tertiary/aromatic N) is 11. The van der Waals surface area contributed by atoms with Crippen LogP contribution in [0.2, 0.25) is 0 Å². The maximum Gasteiger partial charge on any atom is 0.164 e. The second kappa shape index (κ2) is 33.5. The Morgan fingerprint density at radius 1 is 0.200 bits per heavy atom. The highest BCUT2D eigenvalue weighted by atomic mass is 15.0. The van der Waals surface area contributed by atoms with E-state index < -0.39 is 0 Å². The highest BCUT2D eigenvalue weighted by Crippen LogP contribution is 2.57. The predicted molar refractivity (Wildman–Crippen MR) is 573 cm³/mol. The van der Waals surface area contributed by atoms with Crippen molar-refractivity contribution < 1.29 is 0 Å². The second-order valence-corrected chi connectivity index (χ2v) is 38.1. The van der Waals surface area contributed by atoms with E-state index in [-0.39, 0.29) is 16.2 Å². The SMILES string of the molecule is CC1(C)c2ccccc2-c2c1ccc1c2c2ccccc2n1-c1ccc(-c2nc(-c3ccccc3)nc(-c3ccccc3)n2)cc1.CC1(C)c2ccccc2-c2c1ccc1c2c2ccccc2n1-c1cccc(-c2nc(-c3ccccc3)cc(-c3ccccc3)n2)c1.CC1(C)c2ccccc2-c2cc3c(cc21)c1ccccc1n3-c1cccc(-c2nc(-c3ccccc3)cc(-c3cccc(C#N)c3)n2)c1. The highest BCUT2D eigenvalue weighted by Gasteiger charge is 2.41. The molecule has 0 unspecified atom stereocenters. The lowest BCUT2D eigenvalue weighted by Crippen LogP contribution is -2.14. The fraction of sp³-hybridized carbons (Fsp3) is 0.0698. The molecule has 0 aliphatic heterocycles. The van der Waals surface area contributed by atoms with Crippen molar-refractivity contribution in [3.63, 3.8) is 0 Å². The third kappa shape index (κ3) is 14.0. The first-order chi connectivity index (χ1) is 68.6. The molecular formula is C129H91N11. The molecule has 140 heavy (non-hydrogen) atoms. The standard InChI is InChI=1S/C44H30N4.C43H31N3.C42H30N4/c1-44(2)37-20-8-6-18-33(37)35-25-42-36(24-38(35)44)34-19-7-9-21-41(34)48(42)32-17-11-16-31(23-32)43-46-39(29-13-4-3-5-14-29)26-40(47-43)30-15-10-12-28(22-30)27-45;1-43(2)34-22-11-9-20-32(34)40-35(43)24-25-39-41(40)33-21-10-12-23-38(33)46(39)31-19-13-18-30(26-31)42-44-36(28-14-5-3-6-15-28)27-37(45-42)29-16-7-4-8-17-29;1-42(2)33-19-11-9-17-31(33)37-34(42)25-26-36-38(37)32-18-10-12-20-35(32)46(36)30-23-21-29(22-24-30)41-44-39(27-13-5-3-6-14-27)43-40(45-41)28-15-7-4-8-16-28/h3-26H,1-2H3;3-27H,1-2H3;3-26H,1-2H3. The Morgan fingerprint density at radius 2 is 0.536 bits per heavy atom. The molecule has 0 saturated heterocycles. The number of rotatable bonds is 12. The molecule has 0 amide bonds. The fourth-order valence-electron chi connectivity index (χ4n) is 22.1. The van der Waals surface area contributed by atoms with Gasteiger partial charge in [0, 0.05) is 116 Å². The van der Waals surface area contributed by atoms with Crippen molar-refractivity contribution >= 4 is 65.4 Å². The Balaban J connectivity index is 0.000000111. The third-order valence-corrected chi connectivity index (χ3v) is 28.9. The molecule has 0 saturated carbocycles. The summed E-state index contributed by atoms with van der Waals surface area (Å²) in [5.74, 6) is 3.31. The summed E-state index contributed by atoms with van der Waals surface area (Å²) in [6, 6.07) is 158. The van der Waals surface area contributed by atoms with Crippen LogP contribution in [-0.4, -0.2) is 48.6 Å². The van der Waals surface area contributed by atoms with E-state index in [0.29, 0.717) is 34.7 Å². The van der Waals surface area contributed by atoms with Gasteiger partial charge in [-0.15, -0.1) is 0 Å². The van der Waals surface area contributed by atoms with E-state index in [1.807, 2.05) is 121 Å². The molecule has 11 heteroatoms. The molecule has 11 nitrogen and oxygen atoms in total. The summed E-state index contributed by atoms with van der Waals surface area (Å²) < 4.78 is 7.17. The van der Waals surface area contributed by atoms with E-state index in [1.165, 1.54) is 127 Å². The van der Waals surface area contributed by atoms with E-state index in [4.69, 9.17) is 34.9 Å². The molecule has 18 aromatic carbocycles. The zero-order chi connectivity index (χ0) is 94.1. The number of aromatic nitrogens is 10. The van der Waals surface area contributed by atoms with Crippen LogP contribution in [0.1, 0.15) is 80.5 Å². The molecule has 0 fully saturated rings. The molecule has 0 atom stereocenters. The zero-order valence-corrected chi connectivity index (χ0v) is 78.1. The van der Waals surface area contributed by atoms with E-state index in [1.54, 1.807) is 0 Å². The summed E-state index contributed by atoms with van der Waals surface area (Å²) in [5, 5.41) is 17.2. The lowest BCUT2D eigenvalue weighted by molar-refractivity contribution is 0.660. The average molecular weight is 1800 g/mol. The van der Waals surface area contributed by atoms with Gasteiger partial charge in [0.1, 0.15) is 0 Å². The minimum Gasteiger partial charge on any atom is -0.309 e. The number of para-hydroxylation sites is 3. The Labute approximate surface area is 811 Å². The minimum absolute atomic E-state index is 0.0489. The number of nitriles is 1. The van der Waals surface area contributed by atoms with Crippen molar-refractivity contribution in [2.24, 2.45) is 0 Å². The van der Waals surface area contributed by atoms with Gasteiger partial charge in [-0.05, 0) is 182 Å². The van der Waals surface area contributed by atoms with E-state index >= 15 is 0 Å². The summed E-state index contributed by atoms with van der Waals surface area (Å²) in [6.07, 6.45) is 0. The summed E-state index contributed by atoms with van der Waals surface area (Å²) in [6.45, 7) is 14.0. The van der Waals surface area contributed by atoms with Gasteiger partial charge in [-0.1, -0.05) is 369 Å². The van der Waals surface area contributed by atoms with Crippen molar-refractivity contribution in [3.8, 4) is 158 Å². The van der Waals surface area contributed by atoms with Gasteiger partial charge >= 0.3 is 0 Å². The molecule has 0 N–H and O–H groups in total. The van der Waals surface area contributed by atoms with Crippen LogP contribution in [0.25, 0.3) is 218 Å². The van der Waals surface area contributed by atoms with Crippen LogP contribution in [0.4, 0.5) is 0 Å². The van der Waals surface area contributed by atoms with Crippen LogP contribution >= 0.6 is 0 Å². The van der Waals surface area contributed by atoms with Crippen LogP contribution in [0.15, 0.2) is 443 Å². The van der Waals surface area contributed by atoms with E-state index in [0.717, 1.165) is 95.4 Å². The molecule has 0 spiro atoms. The summed E-state index contributed by atoms with van der Waals surface area (Å²) in [7, 11) is 0. The van der Waals surface area contributed by atoms with Gasteiger partial charge in [0.15, 0.2) is 29.1 Å². The largest absolute Gasteiger partial charge is 0.309 e. The summed E-state index contributed by atoms with van der Waals surface area (Å²) in [5.41, 5.74) is 39.3. The lowest BCUT2D eigenvalue weighted by Gasteiger charge is -2.21. The molecule has 6 aromatic heterocycles. The summed E-state index contributed by atoms with van der Waals surface area (Å²) >= 11 is 0. The molecular weight excluding hydrogens is 1700 g/mol. The molecule has 6 heterocycles. The van der Waals surface area contributed by atoms with Crippen molar-refractivity contribution in [3.05, 3.63) is 482 Å². The Bertz CT molecular complexity index is 9020. The molecule has 3 aliphatic carbocycles. The molecule has 24 aromatic rings. The molecule has 3 aliphatic rings. The highest BCUT2D eigenvalue weighted by molar-refractivity contribution is 6.20. The molecule has 27 rings (SSSR count). The van der Waals surface area contributed by atoms with Gasteiger partial charge < -0.3 is 13.7 Å². The smallest absolute Gasteiger partial charge is 0.164 e. The maximum atomic E-state index is 9.59. The minimum atomic E-state index is -0.0746. The predicted octanol–water partition coefficient (Wildman–Crippen LogP) is 31.9. The first-order valence-corrected chi connectivity index (χ1v) is 47.8. The second-order valence-electron chi connectivity index (χ2n) is 38.1. The van der Waals surface area contributed by atoms with E-state index in [9.17, 15) is 5.26 Å². The first kappa shape index (κ1) is 83.8. The van der Waals surface area contributed by atoms with Crippen LogP contribution < -0.4 is 0 Å². The van der Waals surface area contributed by atoms with Crippen molar-refractivity contribution in [1.82, 2.24) is 48.6 Å². The Morgan fingerprint density at radius 3 is 0.993 bits per heavy atom. The Kier molecular flexibility index (Phi) is 20.1. The topological polar surface area (TPSA) is 129 Å². The molecule has 0 bridgehead atoms. The molecule has 0 radical (unpaired) electrons. The number of hydrogen-bond donors (Lipinski definition) is 0. The summed E-state index contributed by atoms with van der Waals surface area (Å²) in [4.78, 5) is 35.1. The van der Waals surface area contributed by atoms with Crippen molar-refractivity contribution in [2.45, 2.75) is 57.8 Å². The number of hydrogen-bond acceptors (Lipinski definition) is 8. The van der Waals surface area contributed by atoms with Gasteiger partial charge in [-0.3, -0.25) is 0 Å². The van der Waals surface area contributed by atoms with Gasteiger partial charge in [-0.2, -0.15) is 5.26 Å². The van der Waals surface area contributed by atoms with Crippen molar-refractivity contribution in [2.75, 3.05) is 0 Å². The number of benzene rings is 18. The third-order valence-electron chi connectivity index (χ3n) is 28.9. The fourth-order valence-corrected chi connectivity index (χ4v) is 22.1. The quantitative estimate of drug-likeness (QED) is 0.118. The van der Waals surface area contributed by atoms with Gasteiger partial charge in [0.25, 0.3) is 0 Å². The van der Waals surface area contributed by atoms with Gasteiger partial charge in [-0.25, -0.2) is 34.9 Å². The van der Waals surface area contributed by atoms with Crippen LogP contribution in [0, 0.1) is 11.3 Å². The monoisotopic (exact) mass is 1790 g/mol. The average Bonchev–Trinajstić information content (AvgIpc) is 1.55. The van der Waals surface area contributed by atoms with Gasteiger partial charge in [0.05, 0.1) is 67.5 Å².